The highest BCUT2D eigenvalue weighted by atomic mass is 35.5. The van der Waals surface area contributed by atoms with Crippen LogP contribution in [-0.4, -0.2) is 34.9 Å². The fourth-order valence-electron chi connectivity index (χ4n) is 1.78. The van der Waals surface area contributed by atoms with Crippen molar-refractivity contribution in [2.75, 3.05) is 20.3 Å². The van der Waals surface area contributed by atoms with Gasteiger partial charge in [0, 0.05) is 19.2 Å². The molecular formula is C12H16ClN3O2. The van der Waals surface area contributed by atoms with E-state index in [1.807, 2.05) is 17.6 Å². The average Bonchev–Trinajstić information content (AvgIpc) is 2.76. The lowest BCUT2D eigenvalue weighted by molar-refractivity contribution is 0.139. The number of ether oxygens (including phenoxy) is 2. The Bertz CT molecular complexity index is 527. The summed E-state index contributed by atoms with van der Waals surface area (Å²) in [7, 11) is 1.59. The Balaban J connectivity index is 2.38. The van der Waals surface area contributed by atoms with E-state index in [4.69, 9.17) is 21.1 Å². The third kappa shape index (κ3) is 2.57. The third-order valence-electron chi connectivity index (χ3n) is 2.64. The van der Waals surface area contributed by atoms with E-state index in [2.05, 4.69) is 9.97 Å². The zero-order valence-electron chi connectivity index (χ0n) is 10.5. The molecule has 0 aliphatic carbocycles. The molecule has 6 heteroatoms. The number of hydrogen-bond donors (Lipinski definition) is 0. The molecule has 2 aromatic heterocycles. The van der Waals surface area contributed by atoms with Crippen molar-refractivity contribution in [2.45, 2.75) is 19.3 Å². The van der Waals surface area contributed by atoms with Gasteiger partial charge in [0.15, 0.2) is 5.65 Å². The van der Waals surface area contributed by atoms with Gasteiger partial charge in [-0.2, -0.15) is 4.98 Å². The largest absolute Gasteiger partial charge is 0.481 e. The zero-order valence-corrected chi connectivity index (χ0v) is 11.3. The number of nitrogens with zero attached hydrogens (tertiary/aromatic N) is 3. The molecule has 0 fully saturated rings. The SMILES string of the molecule is CCOCCn1c(CCl)nc2ccc(OC)nc21. The Morgan fingerprint density at radius 2 is 2.17 bits per heavy atom. The normalized spacial score (nSPS) is 11.1. The van der Waals surface area contributed by atoms with Crippen LogP contribution < -0.4 is 4.74 Å². The van der Waals surface area contributed by atoms with E-state index < -0.39 is 0 Å². The van der Waals surface area contributed by atoms with Gasteiger partial charge in [-0.15, -0.1) is 11.6 Å². The predicted octanol–water partition coefficient (Wildman–Crippen LogP) is 2.22. The molecule has 0 N–H and O–H groups in total. The molecular weight excluding hydrogens is 254 g/mol. The highest BCUT2D eigenvalue weighted by Gasteiger charge is 2.11. The monoisotopic (exact) mass is 269 g/mol. The van der Waals surface area contributed by atoms with Gasteiger partial charge in [0.1, 0.15) is 11.3 Å². The molecule has 0 amide bonds. The predicted molar refractivity (Wildman–Crippen MR) is 70.1 cm³/mol. The minimum atomic E-state index is 0.352. The number of alkyl halides is 1. The molecule has 98 valence electrons. The Hall–Kier alpha value is -1.33. The van der Waals surface area contributed by atoms with Gasteiger partial charge >= 0.3 is 0 Å². The van der Waals surface area contributed by atoms with E-state index in [9.17, 15) is 0 Å². The van der Waals surface area contributed by atoms with E-state index in [0.717, 1.165) is 17.0 Å². The van der Waals surface area contributed by atoms with Gasteiger partial charge in [-0.25, -0.2) is 4.98 Å². The molecule has 5 nitrogen and oxygen atoms in total. The van der Waals surface area contributed by atoms with Crippen LogP contribution in [0.3, 0.4) is 0 Å². The van der Waals surface area contributed by atoms with E-state index in [0.29, 0.717) is 31.5 Å². The molecule has 0 saturated heterocycles. The minimum Gasteiger partial charge on any atom is -0.481 e. The molecule has 0 saturated carbocycles. The van der Waals surface area contributed by atoms with Crippen LogP contribution in [0.2, 0.25) is 0 Å². The number of fused-ring (bicyclic) bond motifs is 1. The average molecular weight is 270 g/mol. The van der Waals surface area contributed by atoms with Gasteiger partial charge in [0.2, 0.25) is 5.88 Å². The van der Waals surface area contributed by atoms with Crippen LogP contribution in [0.15, 0.2) is 12.1 Å². The molecule has 2 rings (SSSR count). The van der Waals surface area contributed by atoms with Crippen molar-refractivity contribution in [1.82, 2.24) is 14.5 Å². The maximum Gasteiger partial charge on any atom is 0.215 e. The standard InChI is InChI=1S/C12H16ClN3O2/c1-3-18-7-6-16-10(8-13)14-9-4-5-11(17-2)15-12(9)16/h4-5H,3,6-8H2,1-2H3. The Kier molecular flexibility index (Phi) is 4.38. The topological polar surface area (TPSA) is 49.2 Å². The number of methoxy groups -OCH3 is 1. The first-order chi connectivity index (χ1) is 8.80. The molecule has 0 unspecified atom stereocenters. The summed E-state index contributed by atoms with van der Waals surface area (Å²) in [6.45, 7) is 3.96. The quantitative estimate of drug-likeness (QED) is 0.596. The summed E-state index contributed by atoms with van der Waals surface area (Å²) in [5, 5.41) is 0. The van der Waals surface area contributed by atoms with Gasteiger partial charge in [0.05, 0.1) is 19.6 Å². The van der Waals surface area contributed by atoms with E-state index >= 15 is 0 Å². The maximum atomic E-state index is 5.91. The summed E-state index contributed by atoms with van der Waals surface area (Å²) in [5.41, 5.74) is 1.60. The van der Waals surface area contributed by atoms with Gasteiger partial charge in [-0.1, -0.05) is 0 Å². The number of hydrogen-bond acceptors (Lipinski definition) is 4. The first kappa shape index (κ1) is 13.1. The highest BCUT2D eigenvalue weighted by molar-refractivity contribution is 6.16. The molecule has 2 aromatic rings. The molecule has 2 heterocycles. The Morgan fingerprint density at radius 3 is 2.83 bits per heavy atom. The fourth-order valence-corrected chi connectivity index (χ4v) is 1.99. The van der Waals surface area contributed by atoms with Gasteiger partial charge < -0.3 is 14.0 Å². The summed E-state index contributed by atoms with van der Waals surface area (Å²) in [6.07, 6.45) is 0. The second kappa shape index (κ2) is 6.02. The van der Waals surface area contributed by atoms with Crippen LogP contribution in [-0.2, 0) is 17.2 Å². The van der Waals surface area contributed by atoms with Crippen molar-refractivity contribution in [3.05, 3.63) is 18.0 Å². The smallest absolute Gasteiger partial charge is 0.215 e. The molecule has 0 aromatic carbocycles. The number of halogens is 1. The van der Waals surface area contributed by atoms with Gasteiger partial charge in [-0.3, -0.25) is 0 Å². The Morgan fingerprint density at radius 1 is 1.33 bits per heavy atom. The summed E-state index contributed by atoms with van der Waals surface area (Å²) in [6, 6.07) is 3.68. The molecule has 0 radical (unpaired) electrons. The summed E-state index contributed by atoms with van der Waals surface area (Å²) >= 11 is 5.91. The van der Waals surface area contributed by atoms with Crippen LogP contribution in [0.25, 0.3) is 11.2 Å². The lowest BCUT2D eigenvalue weighted by Gasteiger charge is -2.07. The second-order valence-corrected chi connectivity index (χ2v) is 3.97. The second-order valence-electron chi connectivity index (χ2n) is 3.71. The van der Waals surface area contributed by atoms with Crippen LogP contribution in [0.5, 0.6) is 5.88 Å². The molecule has 0 aliphatic rings. The highest BCUT2D eigenvalue weighted by Crippen LogP contribution is 2.19. The van der Waals surface area contributed by atoms with E-state index in [-0.39, 0.29) is 0 Å². The van der Waals surface area contributed by atoms with Crippen LogP contribution >= 0.6 is 11.6 Å². The summed E-state index contributed by atoms with van der Waals surface area (Å²) < 4.78 is 12.5. The zero-order chi connectivity index (χ0) is 13.0. The number of imidazole rings is 1. The number of rotatable bonds is 6. The van der Waals surface area contributed by atoms with E-state index in [1.54, 1.807) is 13.2 Å². The van der Waals surface area contributed by atoms with Crippen molar-refractivity contribution in [3.63, 3.8) is 0 Å². The Labute approximate surface area is 111 Å². The van der Waals surface area contributed by atoms with E-state index in [1.165, 1.54) is 0 Å². The molecule has 0 bridgehead atoms. The minimum absolute atomic E-state index is 0.352. The number of pyridine rings is 1. The molecule has 0 aliphatic heterocycles. The first-order valence-electron chi connectivity index (χ1n) is 5.84. The van der Waals surface area contributed by atoms with Crippen molar-refractivity contribution in [3.8, 4) is 5.88 Å². The summed E-state index contributed by atoms with van der Waals surface area (Å²) in [5.74, 6) is 1.72. The van der Waals surface area contributed by atoms with Crippen LogP contribution in [0.1, 0.15) is 12.7 Å². The lowest BCUT2D eigenvalue weighted by Crippen LogP contribution is -2.09. The fraction of sp³-hybridized carbons (Fsp3) is 0.500. The first-order valence-corrected chi connectivity index (χ1v) is 6.37. The molecule has 18 heavy (non-hydrogen) atoms. The molecule has 0 atom stereocenters. The van der Waals surface area contributed by atoms with Gasteiger partial charge in [0.25, 0.3) is 0 Å². The van der Waals surface area contributed by atoms with Crippen LogP contribution in [0, 0.1) is 0 Å². The third-order valence-corrected chi connectivity index (χ3v) is 2.88. The number of aromatic nitrogens is 3. The van der Waals surface area contributed by atoms with Crippen molar-refractivity contribution >= 4 is 22.8 Å². The van der Waals surface area contributed by atoms with Crippen molar-refractivity contribution < 1.29 is 9.47 Å². The maximum absolute atomic E-state index is 5.91. The molecule has 0 spiro atoms. The van der Waals surface area contributed by atoms with Crippen molar-refractivity contribution in [2.24, 2.45) is 0 Å². The van der Waals surface area contributed by atoms with Crippen LogP contribution in [0.4, 0.5) is 0 Å². The summed E-state index contributed by atoms with van der Waals surface area (Å²) in [4.78, 5) is 8.85. The van der Waals surface area contributed by atoms with Gasteiger partial charge in [-0.05, 0) is 13.0 Å². The lowest BCUT2D eigenvalue weighted by atomic mass is 10.4. The van der Waals surface area contributed by atoms with Crippen molar-refractivity contribution in [1.29, 1.82) is 0 Å².